The van der Waals surface area contributed by atoms with Crippen LogP contribution in [0.1, 0.15) is 25.6 Å². The Hall–Kier alpha value is -1.40. The first kappa shape index (κ1) is 13.0. The summed E-state index contributed by atoms with van der Waals surface area (Å²) in [6, 6.07) is 3.19. The fraction of sp³-hybridized carbons (Fsp3) is 0.500. The molecular formula is C12H16N2O3S. The highest BCUT2D eigenvalue weighted by molar-refractivity contribution is 7.10. The molecule has 0 aliphatic carbocycles. The van der Waals surface area contributed by atoms with Gasteiger partial charge in [0.25, 0.3) is 5.91 Å². The molecule has 1 fully saturated rings. The second kappa shape index (κ2) is 4.07. The van der Waals surface area contributed by atoms with Crippen molar-refractivity contribution in [3.8, 4) is 0 Å². The lowest BCUT2D eigenvalue weighted by atomic mass is 10.00. The van der Waals surface area contributed by atoms with Gasteiger partial charge >= 0.3 is 6.03 Å². The standard InChI is InChI=1S/C12H16N2O3S/c1-11(2,17)7-14-9(15)12(3,13-10(14)16)8-5-4-6-18-8/h4-6,17H,7H2,1-3H3,(H,13,16). The Morgan fingerprint density at radius 3 is 2.67 bits per heavy atom. The summed E-state index contributed by atoms with van der Waals surface area (Å²) in [4.78, 5) is 26.1. The molecule has 1 aromatic rings. The molecule has 2 rings (SSSR count). The largest absolute Gasteiger partial charge is 0.389 e. The van der Waals surface area contributed by atoms with Crippen molar-refractivity contribution >= 4 is 23.3 Å². The van der Waals surface area contributed by atoms with Crippen molar-refractivity contribution in [2.75, 3.05) is 6.54 Å². The molecular weight excluding hydrogens is 252 g/mol. The number of carbonyl (C=O) groups is 2. The highest BCUT2D eigenvalue weighted by Gasteiger charge is 2.50. The number of nitrogens with one attached hydrogen (secondary N) is 1. The summed E-state index contributed by atoms with van der Waals surface area (Å²) < 4.78 is 0. The van der Waals surface area contributed by atoms with Crippen LogP contribution in [0.25, 0.3) is 0 Å². The predicted molar refractivity (Wildman–Crippen MR) is 68.2 cm³/mol. The van der Waals surface area contributed by atoms with Gasteiger partial charge in [-0.05, 0) is 32.2 Å². The summed E-state index contributed by atoms with van der Waals surface area (Å²) in [6.45, 7) is 4.80. The summed E-state index contributed by atoms with van der Waals surface area (Å²) in [5, 5.41) is 14.3. The molecule has 0 radical (unpaired) electrons. The Morgan fingerprint density at radius 1 is 1.50 bits per heavy atom. The predicted octanol–water partition coefficient (Wildman–Crippen LogP) is 1.29. The molecule has 1 aliphatic rings. The topological polar surface area (TPSA) is 69.6 Å². The number of hydrogen-bond acceptors (Lipinski definition) is 4. The van der Waals surface area contributed by atoms with Gasteiger partial charge in [0, 0.05) is 4.88 Å². The SMILES string of the molecule is CC(C)(O)CN1C(=O)NC(C)(c2cccs2)C1=O. The third kappa shape index (κ3) is 2.13. The molecule has 0 spiro atoms. The van der Waals surface area contributed by atoms with E-state index in [0.29, 0.717) is 0 Å². The molecule has 18 heavy (non-hydrogen) atoms. The van der Waals surface area contributed by atoms with Crippen LogP contribution in [0.5, 0.6) is 0 Å². The molecule has 2 heterocycles. The highest BCUT2D eigenvalue weighted by atomic mass is 32.1. The maximum absolute atomic E-state index is 12.4. The van der Waals surface area contributed by atoms with Crippen LogP contribution in [-0.4, -0.2) is 34.1 Å². The lowest BCUT2D eigenvalue weighted by Gasteiger charge is -2.24. The van der Waals surface area contributed by atoms with E-state index < -0.39 is 17.2 Å². The van der Waals surface area contributed by atoms with Crippen LogP contribution in [0.4, 0.5) is 4.79 Å². The van der Waals surface area contributed by atoms with Gasteiger partial charge in [-0.2, -0.15) is 0 Å². The summed E-state index contributed by atoms with van der Waals surface area (Å²) >= 11 is 1.42. The van der Waals surface area contributed by atoms with Crippen molar-refractivity contribution < 1.29 is 14.7 Å². The Labute approximate surface area is 109 Å². The van der Waals surface area contributed by atoms with Crippen molar-refractivity contribution in [1.29, 1.82) is 0 Å². The van der Waals surface area contributed by atoms with E-state index in [2.05, 4.69) is 5.32 Å². The Balaban J connectivity index is 2.29. The average molecular weight is 268 g/mol. The van der Waals surface area contributed by atoms with Gasteiger partial charge in [0.2, 0.25) is 0 Å². The van der Waals surface area contributed by atoms with E-state index in [1.54, 1.807) is 20.8 Å². The molecule has 1 atom stereocenters. The molecule has 6 heteroatoms. The molecule has 98 valence electrons. The van der Waals surface area contributed by atoms with Gasteiger partial charge in [-0.25, -0.2) is 4.79 Å². The van der Waals surface area contributed by atoms with Crippen molar-refractivity contribution in [2.24, 2.45) is 0 Å². The molecule has 1 aliphatic heterocycles. The first-order valence-corrected chi connectivity index (χ1v) is 6.52. The van der Waals surface area contributed by atoms with Crippen molar-refractivity contribution in [3.63, 3.8) is 0 Å². The number of urea groups is 1. The van der Waals surface area contributed by atoms with Gasteiger partial charge < -0.3 is 10.4 Å². The fourth-order valence-corrected chi connectivity index (χ4v) is 2.79. The lowest BCUT2D eigenvalue weighted by molar-refractivity contribution is -0.133. The van der Waals surface area contributed by atoms with Crippen molar-refractivity contribution in [2.45, 2.75) is 31.9 Å². The maximum Gasteiger partial charge on any atom is 0.325 e. The number of nitrogens with zero attached hydrogens (tertiary/aromatic N) is 1. The van der Waals surface area contributed by atoms with Gasteiger partial charge in [0.15, 0.2) is 5.54 Å². The Kier molecular flexibility index (Phi) is 2.95. The minimum absolute atomic E-state index is 0.0152. The van der Waals surface area contributed by atoms with Crippen molar-refractivity contribution in [1.82, 2.24) is 10.2 Å². The quantitative estimate of drug-likeness (QED) is 0.811. The monoisotopic (exact) mass is 268 g/mol. The number of imide groups is 1. The zero-order valence-electron chi connectivity index (χ0n) is 10.6. The van der Waals surface area contributed by atoms with Gasteiger partial charge in [-0.15, -0.1) is 11.3 Å². The van der Waals surface area contributed by atoms with Crippen molar-refractivity contribution in [3.05, 3.63) is 22.4 Å². The van der Waals surface area contributed by atoms with E-state index in [1.165, 1.54) is 11.3 Å². The van der Waals surface area contributed by atoms with E-state index in [0.717, 1.165) is 9.78 Å². The Morgan fingerprint density at radius 2 is 2.17 bits per heavy atom. The number of aliphatic hydroxyl groups is 1. The van der Waals surface area contributed by atoms with E-state index in [9.17, 15) is 14.7 Å². The maximum atomic E-state index is 12.4. The zero-order chi connectivity index (χ0) is 13.6. The van der Waals surface area contributed by atoms with E-state index in [1.807, 2.05) is 17.5 Å². The second-order valence-corrected chi connectivity index (χ2v) is 6.18. The van der Waals surface area contributed by atoms with Gasteiger partial charge in [0.1, 0.15) is 0 Å². The molecule has 1 aromatic heterocycles. The van der Waals surface area contributed by atoms with Gasteiger partial charge in [-0.1, -0.05) is 6.07 Å². The number of rotatable bonds is 3. The summed E-state index contributed by atoms with van der Waals surface area (Å²) in [5.74, 6) is -0.322. The Bertz CT molecular complexity index is 478. The minimum Gasteiger partial charge on any atom is -0.389 e. The van der Waals surface area contributed by atoms with Crippen LogP contribution in [0, 0.1) is 0 Å². The minimum atomic E-state index is -1.10. The summed E-state index contributed by atoms with van der Waals surface area (Å²) in [6.07, 6.45) is 0. The third-order valence-corrected chi connectivity index (χ3v) is 3.93. The normalized spacial score (nSPS) is 24.6. The number of amides is 3. The lowest BCUT2D eigenvalue weighted by Crippen LogP contribution is -2.44. The number of thiophene rings is 1. The van der Waals surface area contributed by atoms with Crippen LogP contribution in [-0.2, 0) is 10.3 Å². The highest BCUT2D eigenvalue weighted by Crippen LogP contribution is 2.32. The second-order valence-electron chi connectivity index (χ2n) is 5.24. The van der Waals surface area contributed by atoms with E-state index in [4.69, 9.17) is 0 Å². The molecule has 0 aromatic carbocycles. The first-order chi connectivity index (χ1) is 8.24. The molecule has 0 saturated carbocycles. The van der Waals surface area contributed by atoms with Crippen LogP contribution in [0.2, 0.25) is 0 Å². The molecule has 2 N–H and O–H groups in total. The van der Waals surface area contributed by atoms with Crippen LogP contribution >= 0.6 is 11.3 Å². The average Bonchev–Trinajstić information content (AvgIpc) is 2.82. The van der Waals surface area contributed by atoms with Crippen LogP contribution < -0.4 is 5.32 Å². The number of β-amino-alcohol motifs (C(OH)–C–C–N with tert-alkyl or cyclic N) is 1. The molecule has 3 amide bonds. The summed E-state index contributed by atoms with van der Waals surface area (Å²) in [5.41, 5.74) is -2.12. The first-order valence-electron chi connectivity index (χ1n) is 5.64. The van der Waals surface area contributed by atoms with E-state index >= 15 is 0 Å². The zero-order valence-corrected chi connectivity index (χ0v) is 11.4. The van der Waals surface area contributed by atoms with Gasteiger partial charge in [0.05, 0.1) is 12.1 Å². The third-order valence-electron chi connectivity index (χ3n) is 2.83. The van der Waals surface area contributed by atoms with Crippen LogP contribution in [0.15, 0.2) is 17.5 Å². The summed E-state index contributed by atoms with van der Waals surface area (Å²) in [7, 11) is 0. The number of carbonyl (C=O) groups excluding carboxylic acids is 2. The smallest absolute Gasteiger partial charge is 0.325 e. The molecule has 1 unspecified atom stereocenters. The fourth-order valence-electron chi connectivity index (χ4n) is 1.96. The molecule has 1 saturated heterocycles. The van der Waals surface area contributed by atoms with Crippen LogP contribution in [0.3, 0.4) is 0 Å². The number of hydrogen-bond donors (Lipinski definition) is 2. The van der Waals surface area contributed by atoms with E-state index in [-0.39, 0.29) is 12.5 Å². The molecule has 0 bridgehead atoms. The molecule has 5 nitrogen and oxygen atoms in total. The van der Waals surface area contributed by atoms with Gasteiger partial charge in [-0.3, -0.25) is 9.69 Å².